The highest BCUT2D eigenvalue weighted by molar-refractivity contribution is 7.99. The maximum Gasteiger partial charge on any atom is 0.0425 e. The van der Waals surface area contributed by atoms with Gasteiger partial charge in [0, 0.05) is 45.3 Å². The van der Waals surface area contributed by atoms with Crippen LogP contribution >= 0.6 is 11.8 Å². The Balaban J connectivity index is 1.93. The van der Waals surface area contributed by atoms with Crippen molar-refractivity contribution in [2.75, 3.05) is 16.8 Å². The predicted molar refractivity (Wildman–Crippen MR) is 94.1 cm³/mol. The number of nitrogens with one attached hydrogen (secondary N) is 1. The van der Waals surface area contributed by atoms with Crippen LogP contribution in [0.1, 0.15) is 31.9 Å². The van der Waals surface area contributed by atoms with E-state index in [2.05, 4.69) is 41.1 Å². The van der Waals surface area contributed by atoms with Crippen LogP contribution in [0.15, 0.2) is 24.4 Å². The van der Waals surface area contributed by atoms with E-state index in [0.29, 0.717) is 6.04 Å². The second-order valence-corrected chi connectivity index (χ2v) is 7.27. The van der Waals surface area contributed by atoms with Gasteiger partial charge in [-0.1, -0.05) is 13.3 Å². The number of rotatable bonds is 4. The summed E-state index contributed by atoms with van der Waals surface area (Å²) in [4.78, 5) is 4.37. The van der Waals surface area contributed by atoms with Crippen LogP contribution in [0.3, 0.4) is 0 Å². The summed E-state index contributed by atoms with van der Waals surface area (Å²) < 4.78 is 0. The van der Waals surface area contributed by atoms with Crippen molar-refractivity contribution in [3.63, 3.8) is 0 Å². The molecule has 0 bridgehead atoms. The molecule has 1 saturated carbocycles. The minimum Gasteiger partial charge on any atom is -0.398 e. The number of thioether (sulfide) groups is 1. The molecule has 3 N–H and O–H groups in total. The average Bonchev–Trinajstić information content (AvgIpc) is 2.90. The molecular weight excluding hydrogens is 278 g/mol. The van der Waals surface area contributed by atoms with Crippen molar-refractivity contribution >= 4 is 33.9 Å². The van der Waals surface area contributed by atoms with Gasteiger partial charge in [-0.2, -0.15) is 11.8 Å². The van der Waals surface area contributed by atoms with E-state index in [1.54, 1.807) is 0 Å². The molecule has 3 nitrogen and oxygen atoms in total. The predicted octanol–water partition coefficient (Wildman–Crippen LogP) is 4.21. The molecule has 3 rings (SSSR count). The van der Waals surface area contributed by atoms with Crippen LogP contribution in [0.4, 0.5) is 11.4 Å². The number of pyridine rings is 1. The lowest BCUT2D eigenvalue weighted by molar-refractivity contribution is 0.769. The quantitative estimate of drug-likeness (QED) is 0.831. The third kappa shape index (κ3) is 2.95. The molecule has 21 heavy (non-hydrogen) atoms. The van der Waals surface area contributed by atoms with E-state index in [-0.39, 0.29) is 0 Å². The van der Waals surface area contributed by atoms with E-state index < -0.39 is 0 Å². The molecule has 2 unspecified atom stereocenters. The van der Waals surface area contributed by atoms with Gasteiger partial charge in [-0.3, -0.25) is 4.98 Å². The van der Waals surface area contributed by atoms with Gasteiger partial charge in [0.1, 0.15) is 0 Å². The number of anilines is 2. The van der Waals surface area contributed by atoms with Crippen molar-refractivity contribution in [3.8, 4) is 0 Å². The lowest BCUT2D eigenvalue weighted by Gasteiger charge is -2.22. The van der Waals surface area contributed by atoms with Crippen LogP contribution in [0.25, 0.3) is 10.8 Å². The van der Waals surface area contributed by atoms with Crippen LogP contribution in [0, 0.1) is 6.92 Å². The first-order chi connectivity index (χ1) is 10.2. The fraction of sp³-hybridized carbons (Fsp3) is 0.471. The smallest absolute Gasteiger partial charge is 0.0425 e. The number of benzene rings is 1. The highest BCUT2D eigenvalue weighted by Gasteiger charge is 2.27. The lowest BCUT2D eigenvalue weighted by atomic mass is 10.1. The molecule has 1 aliphatic carbocycles. The Bertz CT molecular complexity index is 641. The highest BCUT2D eigenvalue weighted by Crippen LogP contribution is 2.35. The van der Waals surface area contributed by atoms with Crippen molar-refractivity contribution in [2.45, 2.75) is 44.4 Å². The van der Waals surface area contributed by atoms with Crippen LogP contribution in [0.2, 0.25) is 0 Å². The van der Waals surface area contributed by atoms with E-state index in [4.69, 9.17) is 5.73 Å². The second kappa shape index (κ2) is 6.14. The minimum atomic E-state index is 0.565. The molecule has 0 spiro atoms. The summed E-state index contributed by atoms with van der Waals surface area (Å²) in [5, 5.41) is 6.73. The second-order valence-electron chi connectivity index (χ2n) is 5.75. The Morgan fingerprint density at radius 3 is 3.00 bits per heavy atom. The van der Waals surface area contributed by atoms with Crippen molar-refractivity contribution in [1.82, 2.24) is 4.98 Å². The van der Waals surface area contributed by atoms with Crippen LogP contribution in [-0.4, -0.2) is 22.0 Å². The molecule has 112 valence electrons. The molecule has 2 atom stereocenters. The maximum atomic E-state index is 6.09. The molecule has 0 saturated heterocycles. The third-order valence-electron chi connectivity index (χ3n) is 4.25. The largest absolute Gasteiger partial charge is 0.398 e. The van der Waals surface area contributed by atoms with Crippen LogP contribution in [0.5, 0.6) is 0 Å². The molecule has 4 heteroatoms. The van der Waals surface area contributed by atoms with Gasteiger partial charge in [-0.05, 0) is 43.7 Å². The number of nitrogens with zero attached hydrogens (tertiary/aromatic N) is 1. The summed E-state index contributed by atoms with van der Waals surface area (Å²) in [5.41, 5.74) is 9.11. The topological polar surface area (TPSA) is 50.9 Å². The number of hydrogen-bond donors (Lipinski definition) is 2. The maximum absolute atomic E-state index is 6.09. The summed E-state index contributed by atoms with van der Waals surface area (Å²) in [6, 6.07) is 6.79. The van der Waals surface area contributed by atoms with E-state index >= 15 is 0 Å². The number of aromatic nitrogens is 1. The summed E-state index contributed by atoms with van der Waals surface area (Å²) >= 11 is 2.08. The van der Waals surface area contributed by atoms with Crippen molar-refractivity contribution in [3.05, 3.63) is 30.1 Å². The Kier molecular flexibility index (Phi) is 4.24. The van der Waals surface area contributed by atoms with Gasteiger partial charge in [0.2, 0.25) is 0 Å². The van der Waals surface area contributed by atoms with Gasteiger partial charge in [0.25, 0.3) is 0 Å². The molecule has 1 fully saturated rings. The minimum absolute atomic E-state index is 0.565. The molecule has 0 radical (unpaired) electrons. The Labute approximate surface area is 130 Å². The highest BCUT2D eigenvalue weighted by atomic mass is 32.2. The molecule has 0 amide bonds. The average molecular weight is 301 g/mol. The number of fused-ring (bicyclic) bond motifs is 1. The first-order valence-electron chi connectivity index (χ1n) is 7.72. The Morgan fingerprint density at radius 2 is 2.19 bits per heavy atom. The molecule has 1 aromatic heterocycles. The van der Waals surface area contributed by atoms with E-state index in [9.17, 15) is 0 Å². The van der Waals surface area contributed by atoms with E-state index in [1.165, 1.54) is 36.1 Å². The third-order valence-corrected chi connectivity index (χ3v) is 5.57. The number of nitrogens with two attached hydrogens (primary N) is 1. The molecule has 1 aliphatic rings. The summed E-state index contributed by atoms with van der Waals surface area (Å²) in [6.45, 7) is 4.27. The van der Waals surface area contributed by atoms with Gasteiger partial charge in [0.05, 0.1) is 0 Å². The van der Waals surface area contributed by atoms with Gasteiger partial charge < -0.3 is 11.1 Å². The first kappa shape index (κ1) is 14.5. The van der Waals surface area contributed by atoms with Gasteiger partial charge in [-0.15, -0.1) is 0 Å². The molecular formula is C17H23N3S. The summed E-state index contributed by atoms with van der Waals surface area (Å²) in [6.07, 6.45) is 5.79. The first-order valence-corrected chi connectivity index (χ1v) is 8.77. The standard InChI is InChI=1S/C17H23N3S/c1-3-21-17-6-4-5-16(17)20-15-8-7-14(18)13-10-19-11(2)9-12(13)15/h7-10,16-17,20H,3-6,18H2,1-2H3. The van der Waals surface area contributed by atoms with Crippen molar-refractivity contribution < 1.29 is 0 Å². The number of hydrogen-bond acceptors (Lipinski definition) is 4. The van der Waals surface area contributed by atoms with Crippen LogP contribution in [-0.2, 0) is 0 Å². The normalized spacial score (nSPS) is 21.8. The summed E-state index contributed by atoms with van der Waals surface area (Å²) in [5.74, 6) is 1.19. The summed E-state index contributed by atoms with van der Waals surface area (Å²) in [7, 11) is 0. The fourth-order valence-electron chi connectivity index (χ4n) is 3.20. The van der Waals surface area contributed by atoms with Gasteiger partial charge >= 0.3 is 0 Å². The Morgan fingerprint density at radius 1 is 1.33 bits per heavy atom. The molecule has 1 aromatic carbocycles. The number of nitrogen functional groups attached to an aromatic ring is 1. The van der Waals surface area contributed by atoms with E-state index in [1.807, 2.05) is 19.2 Å². The molecule has 0 aliphatic heterocycles. The zero-order valence-electron chi connectivity index (χ0n) is 12.7. The van der Waals surface area contributed by atoms with Gasteiger partial charge in [-0.25, -0.2) is 0 Å². The lowest BCUT2D eigenvalue weighted by Crippen LogP contribution is -2.26. The van der Waals surface area contributed by atoms with E-state index in [0.717, 1.165) is 22.0 Å². The van der Waals surface area contributed by atoms with Crippen LogP contribution < -0.4 is 11.1 Å². The zero-order valence-corrected chi connectivity index (χ0v) is 13.5. The SMILES string of the molecule is CCSC1CCCC1Nc1ccc(N)c2cnc(C)cc12. The Hall–Kier alpha value is -1.42. The molecule has 1 heterocycles. The monoisotopic (exact) mass is 301 g/mol. The number of aryl methyl sites for hydroxylation is 1. The van der Waals surface area contributed by atoms with Crippen molar-refractivity contribution in [2.24, 2.45) is 0 Å². The molecule has 2 aromatic rings. The zero-order chi connectivity index (χ0) is 14.8. The van der Waals surface area contributed by atoms with Gasteiger partial charge in [0.15, 0.2) is 0 Å². The fourth-order valence-corrected chi connectivity index (χ4v) is 4.39. The van der Waals surface area contributed by atoms with Crippen molar-refractivity contribution in [1.29, 1.82) is 0 Å².